The first kappa shape index (κ1) is 21.2. The molecule has 10 nitrogen and oxygen atoms in total. The van der Waals surface area contributed by atoms with Crippen LogP contribution in [0, 0.1) is 0 Å². The number of aliphatic hydroxyl groups is 4. The van der Waals surface area contributed by atoms with Crippen LogP contribution in [-0.2, 0) is 4.74 Å². The third kappa shape index (κ3) is 4.11. The van der Waals surface area contributed by atoms with Gasteiger partial charge in [-0.2, -0.15) is 0 Å². The predicted octanol–water partition coefficient (Wildman–Crippen LogP) is -0.340. The summed E-state index contributed by atoms with van der Waals surface area (Å²) in [5, 5.41) is 39.1. The lowest BCUT2D eigenvalue weighted by atomic mass is 9.99. The van der Waals surface area contributed by atoms with Crippen LogP contribution in [0.2, 0.25) is 0 Å². The van der Waals surface area contributed by atoms with Gasteiger partial charge in [0.1, 0.15) is 30.2 Å². The van der Waals surface area contributed by atoms with Crippen LogP contribution in [0.1, 0.15) is 20.7 Å². The van der Waals surface area contributed by atoms with Crippen LogP contribution >= 0.6 is 0 Å². The molecule has 0 unspecified atom stereocenters. The molecular formula is C21H20O10. The van der Waals surface area contributed by atoms with Crippen molar-refractivity contribution in [3.8, 4) is 17.2 Å². The van der Waals surface area contributed by atoms with E-state index in [0.29, 0.717) is 11.5 Å². The van der Waals surface area contributed by atoms with Crippen LogP contribution in [0.15, 0.2) is 42.5 Å². The molecule has 0 spiro atoms. The molecule has 0 saturated carbocycles. The Kier molecular flexibility index (Phi) is 5.90. The highest BCUT2D eigenvalue weighted by molar-refractivity contribution is 6.49. The van der Waals surface area contributed by atoms with Gasteiger partial charge < -0.3 is 39.4 Å². The summed E-state index contributed by atoms with van der Waals surface area (Å²) < 4.78 is 21.2. The standard InChI is InChI=1S/C21H20O10/c22-8-15-18(25)19(26)20(27)21(31-15)30-12-3-1-2-10(6-12)16(23)17(24)11-4-5-13-14(7-11)29-9-28-13/h1-7,15,18-22,25-27H,8-9H2/t15-,18-,19+,20-,21-/m1/s1. The van der Waals surface area contributed by atoms with E-state index in [1.807, 2.05) is 0 Å². The Balaban J connectivity index is 1.50. The SMILES string of the molecule is O=C(C(=O)c1ccc2c(c1)OCO2)c1cccc(O[C@@H]2O[C@H](CO)[C@@H](O)[C@H](O)[C@H]2O)c1. The van der Waals surface area contributed by atoms with Crippen molar-refractivity contribution in [3.63, 3.8) is 0 Å². The molecular weight excluding hydrogens is 412 g/mol. The Morgan fingerprint density at radius 3 is 2.35 bits per heavy atom. The molecule has 0 amide bonds. The van der Waals surface area contributed by atoms with Crippen LogP contribution in [0.4, 0.5) is 0 Å². The zero-order valence-corrected chi connectivity index (χ0v) is 16.1. The topological polar surface area (TPSA) is 152 Å². The number of fused-ring (bicyclic) bond motifs is 1. The van der Waals surface area contributed by atoms with Crippen LogP contribution in [-0.4, -0.2) is 76.1 Å². The Labute approximate surface area is 176 Å². The Bertz CT molecular complexity index is 988. The minimum absolute atomic E-state index is 0.0322. The fourth-order valence-corrected chi connectivity index (χ4v) is 3.31. The molecule has 5 atom stereocenters. The fourth-order valence-electron chi connectivity index (χ4n) is 3.31. The third-order valence-corrected chi connectivity index (χ3v) is 5.04. The lowest BCUT2D eigenvalue weighted by Crippen LogP contribution is -2.60. The zero-order valence-electron chi connectivity index (χ0n) is 16.1. The molecule has 4 N–H and O–H groups in total. The summed E-state index contributed by atoms with van der Waals surface area (Å²) >= 11 is 0. The van der Waals surface area contributed by atoms with Crippen molar-refractivity contribution in [2.24, 2.45) is 0 Å². The van der Waals surface area contributed by atoms with Gasteiger partial charge in [0.2, 0.25) is 24.6 Å². The Morgan fingerprint density at radius 1 is 0.903 bits per heavy atom. The number of rotatable bonds is 6. The summed E-state index contributed by atoms with van der Waals surface area (Å²) in [6.45, 7) is -0.564. The molecule has 0 bridgehead atoms. The minimum Gasteiger partial charge on any atom is -0.462 e. The van der Waals surface area contributed by atoms with Crippen molar-refractivity contribution in [3.05, 3.63) is 53.6 Å². The molecule has 1 fully saturated rings. The average Bonchev–Trinajstić information content (AvgIpc) is 3.26. The summed E-state index contributed by atoms with van der Waals surface area (Å²) in [4.78, 5) is 25.3. The minimum atomic E-state index is -1.60. The zero-order chi connectivity index (χ0) is 22.1. The molecule has 0 aliphatic carbocycles. The lowest BCUT2D eigenvalue weighted by molar-refractivity contribution is -0.277. The largest absolute Gasteiger partial charge is 0.462 e. The van der Waals surface area contributed by atoms with E-state index in [1.165, 1.54) is 36.4 Å². The second-order valence-corrected chi connectivity index (χ2v) is 7.07. The summed E-state index contributed by atoms with van der Waals surface area (Å²) in [7, 11) is 0. The van der Waals surface area contributed by atoms with Gasteiger partial charge in [-0.25, -0.2) is 0 Å². The van der Waals surface area contributed by atoms with Crippen molar-refractivity contribution in [1.29, 1.82) is 0 Å². The number of hydrogen-bond donors (Lipinski definition) is 4. The van der Waals surface area contributed by atoms with E-state index >= 15 is 0 Å². The molecule has 164 valence electrons. The van der Waals surface area contributed by atoms with E-state index in [9.17, 15) is 30.0 Å². The fraction of sp³-hybridized carbons (Fsp3) is 0.333. The Morgan fingerprint density at radius 2 is 1.61 bits per heavy atom. The number of Topliss-reactive ketones (excluding diaryl/α,β-unsaturated/α-hetero) is 2. The maximum absolute atomic E-state index is 12.7. The highest BCUT2D eigenvalue weighted by atomic mass is 16.7. The number of ether oxygens (including phenoxy) is 4. The van der Waals surface area contributed by atoms with E-state index in [4.69, 9.17) is 18.9 Å². The van der Waals surface area contributed by atoms with Gasteiger partial charge in [-0.1, -0.05) is 12.1 Å². The second kappa shape index (κ2) is 8.61. The van der Waals surface area contributed by atoms with Crippen LogP contribution in [0.3, 0.4) is 0 Å². The molecule has 0 radical (unpaired) electrons. The van der Waals surface area contributed by atoms with Crippen molar-refractivity contribution in [2.45, 2.75) is 30.7 Å². The van der Waals surface area contributed by atoms with Gasteiger partial charge in [-0.05, 0) is 30.3 Å². The van der Waals surface area contributed by atoms with Gasteiger partial charge in [0.05, 0.1) is 6.61 Å². The van der Waals surface area contributed by atoms with Crippen LogP contribution in [0.25, 0.3) is 0 Å². The molecule has 4 rings (SSSR count). The molecule has 2 aliphatic rings. The Hall–Kier alpha value is -3.02. The summed E-state index contributed by atoms with van der Waals surface area (Å²) in [5.74, 6) is -0.618. The first-order valence-corrected chi connectivity index (χ1v) is 9.45. The molecule has 2 aliphatic heterocycles. The van der Waals surface area contributed by atoms with E-state index in [1.54, 1.807) is 6.07 Å². The number of carbonyl (C=O) groups is 2. The summed E-state index contributed by atoms with van der Waals surface area (Å²) in [6, 6.07) is 10.1. The quantitative estimate of drug-likeness (QED) is 0.352. The maximum Gasteiger partial charge on any atom is 0.233 e. The van der Waals surface area contributed by atoms with E-state index < -0.39 is 48.9 Å². The summed E-state index contributed by atoms with van der Waals surface area (Å²) in [6.07, 6.45) is -7.28. The number of ketones is 2. The van der Waals surface area contributed by atoms with Crippen LogP contribution in [0.5, 0.6) is 17.2 Å². The van der Waals surface area contributed by atoms with Gasteiger partial charge >= 0.3 is 0 Å². The van der Waals surface area contributed by atoms with Crippen molar-refractivity contribution in [2.75, 3.05) is 13.4 Å². The van der Waals surface area contributed by atoms with Gasteiger partial charge in [0, 0.05) is 11.1 Å². The highest BCUT2D eigenvalue weighted by Crippen LogP contribution is 2.33. The normalized spacial score (nSPS) is 27.0. The second-order valence-electron chi connectivity index (χ2n) is 7.07. The number of hydrogen-bond acceptors (Lipinski definition) is 10. The van der Waals surface area contributed by atoms with Crippen molar-refractivity contribution >= 4 is 11.6 Å². The molecule has 1 saturated heterocycles. The average molecular weight is 432 g/mol. The van der Waals surface area contributed by atoms with Crippen molar-refractivity contribution < 1.29 is 49.0 Å². The number of carbonyl (C=O) groups excluding carboxylic acids is 2. The molecule has 2 heterocycles. The van der Waals surface area contributed by atoms with E-state index in [2.05, 4.69) is 0 Å². The monoisotopic (exact) mass is 432 g/mol. The highest BCUT2D eigenvalue weighted by Gasteiger charge is 2.44. The molecule has 2 aromatic rings. The summed E-state index contributed by atoms with van der Waals surface area (Å²) in [5.41, 5.74) is 0.166. The molecule has 0 aromatic heterocycles. The third-order valence-electron chi connectivity index (χ3n) is 5.04. The smallest absolute Gasteiger partial charge is 0.233 e. The van der Waals surface area contributed by atoms with Gasteiger partial charge in [-0.15, -0.1) is 0 Å². The van der Waals surface area contributed by atoms with Gasteiger partial charge in [0.15, 0.2) is 11.5 Å². The van der Waals surface area contributed by atoms with Gasteiger partial charge in [0.25, 0.3) is 0 Å². The predicted molar refractivity (Wildman–Crippen MR) is 102 cm³/mol. The van der Waals surface area contributed by atoms with E-state index in [-0.39, 0.29) is 23.7 Å². The molecule has 31 heavy (non-hydrogen) atoms. The van der Waals surface area contributed by atoms with E-state index in [0.717, 1.165) is 0 Å². The van der Waals surface area contributed by atoms with Gasteiger partial charge in [-0.3, -0.25) is 9.59 Å². The first-order chi connectivity index (χ1) is 14.9. The molecule has 2 aromatic carbocycles. The number of aliphatic hydroxyl groups excluding tert-OH is 4. The van der Waals surface area contributed by atoms with Crippen molar-refractivity contribution in [1.82, 2.24) is 0 Å². The van der Waals surface area contributed by atoms with Crippen LogP contribution < -0.4 is 14.2 Å². The lowest BCUT2D eigenvalue weighted by Gasteiger charge is -2.39. The number of benzene rings is 2. The first-order valence-electron chi connectivity index (χ1n) is 9.45. The molecule has 10 heteroatoms. The maximum atomic E-state index is 12.7.